The number of nitrogens with zero attached hydrogens (tertiary/aromatic N) is 4. The second-order valence-corrected chi connectivity index (χ2v) is 8.24. The summed E-state index contributed by atoms with van der Waals surface area (Å²) in [4.78, 5) is 2.13. The van der Waals surface area contributed by atoms with E-state index in [1.54, 1.807) is 18.9 Å². The first kappa shape index (κ1) is 20.7. The predicted molar refractivity (Wildman–Crippen MR) is 116 cm³/mol. The van der Waals surface area contributed by atoms with Crippen molar-refractivity contribution in [2.45, 2.75) is 24.5 Å². The van der Waals surface area contributed by atoms with Crippen LogP contribution >= 0.6 is 23.4 Å². The van der Waals surface area contributed by atoms with E-state index in [0.717, 1.165) is 34.6 Å². The summed E-state index contributed by atoms with van der Waals surface area (Å²) in [6.45, 7) is 2.13. The van der Waals surface area contributed by atoms with E-state index in [2.05, 4.69) is 38.7 Å². The molecule has 3 aromatic rings. The van der Waals surface area contributed by atoms with E-state index in [9.17, 15) is 0 Å². The first-order valence-electron chi connectivity index (χ1n) is 9.13. The Bertz CT molecular complexity index is 894. The summed E-state index contributed by atoms with van der Waals surface area (Å²) in [6.07, 6.45) is 0.945. The zero-order valence-electron chi connectivity index (χ0n) is 16.6. The van der Waals surface area contributed by atoms with E-state index < -0.39 is 0 Å². The Morgan fingerprint density at radius 3 is 2.36 bits per heavy atom. The second-order valence-electron chi connectivity index (χ2n) is 6.74. The number of aromatic nitrogens is 3. The molecule has 0 aliphatic carbocycles. The quantitative estimate of drug-likeness (QED) is 0.489. The maximum absolute atomic E-state index is 6.08. The van der Waals surface area contributed by atoms with Gasteiger partial charge in [-0.3, -0.25) is 9.47 Å². The van der Waals surface area contributed by atoms with Crippen LogP contribution in [0.5, 0.6) is 5.75 Å². The van der Waals surface area contributed by atoms with Gasteiger partial charge in [0.2, 0.25) is 0 Å². The number of thioether (sulfide) groups is 1. The molecule has 0 N–H and O–H groups in total. The normalized spacial score (nSPS) is 12.4. The number of benzene rings is 2. The highest BCUT2D eigenvalue weighted by Gasteiger charge is 2.20. The van der Waals surface area contributed by atoms with Crippen LogP contribution in [0.2, 0.25) is 5.02 Å². The van der Waals surface area contributed by atoms with Gasteiger partial charge in [-0.25, -0.2) is 0 Å². The zero-order valence-corrected chi connectivity index (χ0v) is 18.2. The van der Waals surface area contributed by atoms with Gasteiger partial charge in [0.05, 0.1) is 13.2 Å². The monoisotopic (exact) mass is 416 g/mol. The molecule has 2 aromatic carbocycles. The molecule has 0 fully saturated rings. The van der Waals surface area contributed by atoms with Gasteiger partial charge in [0, 0.05) is 16.5 Å². The molecular formula is C21H25ClN4OS. The van der Waals surface area contributed by atoms with Crippen molar-refractivity contribution in [2.75, 3.05) is 27.0 Å². The molecule has 3 rings (SSSR count). The molecule has 0 aliphatic heterocycles. The Kier molecular flexibility index (Phi) is 6.99. The Hall–Kier alpha value is -2.02. The minimum Gasteiger partial charge on any atom is -0.497 e. The van der Waals surface area contributed by atoms with Crippen molar-refractivity contribution in [3.8, 4) is 11.4 Å². The van der Waals surface area contributed by atoms with E-state index in [-0.39, 0.29) is 6.04 Å². The highest BCUT2D eigenvalue weighted by molar-refractivity contribution is 7.99. The lowest BCUT2D eigenvalue weighted by molar-refractivity contribution is 0.305. The van der Waals surface area contributed by atoms with Crippen LogP contribution in [0, 0.1) is 0 Å². The number of methoxy groups -OCH3 is 1. The lowest BCUT2D eigenvalue weighted by atomic mass is 10.2. The maximum Gasteiger partial charge on any atom is 0.195 e. The van der Waals surface area contributed by atoms with Crippen molar-refractivity contribution in [2.24, 2.45) is 0 Å². The fraction of sp³-hybridized carbons (Fsp3) is 0.333. The molecule has 0 aliphatic rings. The van der Waals surface area contributed by atoms with E-state index in [0.29, 0.717) is 5.02 Å². The van der Waals surface area contributed by atoms with Crippen molar-refractivity contribution in [1.82, 2.24) is 19.7 Å². The van der Waals surface area contributed by atoms with Gasteiger partial charge in [-0.15, -0.1) is 10.2 Å². The predicted octanol–water partition coefficient (Wildman–Crippen LogP) is 4.89. The topological polar surface area (TPSA) is 43.2 Å². The molecular weight excluding hydrogens is 392 g/mol. The molecule has 148 valence electrons. The van der Waals surface area contributed by atoms with E-state index in [4.69, 9.17) is 16.3 Å². The van der Waals surface area contributed by atoms with Gasteiger partial charge in [0.1, 0.15) is 5.75 Å². The molecule has 1 atom stereocenters. The smallest absolute Gasteiger partial charge is 0.195 e. The van der Waals surface area contributed by atoms with E-state index >= 15 is 0 Å². The van der Waals surface area contributed by atoms with Gasteiger partial charge < -0.3 is 4.74 Å². The van der Waals surface area contributed by atoms with Crippen molar-refractivity contribution >= 4 is 23.4 Å². The number of halogens is 1. The molecule has 1 heterocycles. The molecule has 0 amide bonds. The average Bonchev–Trinajstić information content (AvgIpc) is 3.12. The molecule has 0 radical (unpaired) electrons. The fourth-order valence-corrected chi connectivity index (χ4v) is 3.83. The average molecular weight is 417 g/mol. The van der Waals surface area contributed by atoms with Crippen LogP contribution in [0.4, 0.5) is 0 Å². The fourth-order valence-electron chi connectivity index (χ4n) is 2.76. The summed E-state index contributed by atoms with van der Waals surface area (Å²) < 4.78 is 7.34. The van der Waals surface area contributed by atoms with Gasteiger partial charge in [0.25, 0.3) is 0 Å². The van der Waals surface area contributed by atoms with E-state index in [1.807, 2.05) is 50.5 Å². The Balaban J connectivity index is 1.80. The first-order chi connectivity index (χ1) is 13.5. The summed E-state index contributed by atoms with van der Waals surface area (Å²) in [5.41, 5.74) is 2.29. The standard InChI is InChI=1S/C21H25ClN4OS/c1-15(25(2)3)20-23-24-21(26(20)18-9-7-17(22)8-10-18)28-14-13-16-5-11-19(27-4)12-6-16/h5-12,15H,13-14H2,1-4H3. The molecule has 0 saturated heterocycles. The van der Waals surface area contributed by atoms with E-state index in [1.165, 1.54) is 5.56 Å². The number of hydrogen-bond acceptors (Lipinski definition) is 5. The number of ether oxygens (including phenoxy) is 1. The van der Waals surface area contributed by atoms with Crippen LogP contribution in [0.25, 0.3) is 5.69 Å². The van der Waals surface area contributed by atoms with Crippen molar-refractivity contribution in [3.63, 3.8) is 0 Å². The molecule has 0 bridgehead atoms. The van der Waals surface area contributed by atoms with Crippen LogP contribution in [0.3, 0.4) is 0 Å². The summed E-state index contributed by atoms with van der Waals surface area (Å²) in [7, 11) is 5.77. The zero-order chi connectivity index (χ0) is 20.1. The highest BCUT2D eigenvalue weighted by atomic mass is 35.5. The summed E-state index contributed by atoms with van der Waals surface area (Å²) in [5, 5.41) is 10.6. The van der Waals surface area contributed by atoms with Gasteiger partial charge in [-0.05, 0) is 69.4 Å². The minimum absolute atomic E-state index is 0.138. The summed E-state index contributed by atoms with van der Waals surface area (Å²) in [6, 6.07) is 16.1. The van der Waals surface area contributed by atoms with Crippen molar-refractivity contribution in [1.29, 1.82) is 0 Å². The van der Waals surface area contributed by atoms with Crippen LogP contribution in [0.15, 0.2) is 53.7 Å². The van der Waals surface area contributed by atoms with Crippen LogP contribution in [-0.2, 0) is 6.42 Å². The molecule has 1 aromatic heterocycles. The molecule has 0 saturated carbocycles. The van der Waals surface area contributed by atoms with Crippen LogP contribution in [0.1, 0.15) is 24.4 Å². The summed E-state index contributed by atoms with van der Waals surface area (Å²) >= 11 is 7.78. The molecule has 1 unspecified atom stereocenters. The second kappa shape index (κ2) is 9.45. The van der Waals surface area contributed by atoms with Gasteiger partial charge in [-0.2, -0.15) is 0 Å². The number of hydrogen-bond donors (Lipinski definition) is 0. The molecule has 28 heavy (non-hydrogen) atoms. The Morgan fingerprint density at radius 2 is 1.75 bits per heavy atom. The number of aryl methyl sites for hydroxylation is 1. The summed E-state index contributed by atoms with van der Waals surface area (Å²) in [5.74, 6) is 2.70. The highest BCUT2D eigenvalue weighted by Crippen LogP contribution is 2.28. The minimum atomic E-state index is 0.138. The number of rotatable bonds is 8. The Labute approximate surface area is 175 Å². The van der Waals surface area contributed by atoms with Crippen LogP contribution in [-0.4, -0.2) is 46.6 Å². The van der Waals surface area contributed by atoms with Crippen molar-refractivity contribution < 1.29 is 4.74 Å². The van der Waals surface area contributed by atoms with Gasteiger partial charge in [0.15, 0.2) is 11.0 Å². The van der Waals surface area contributed by atoms with Crippen molar-refractivity contribution in [3.05, 3.63) is 64.9 Å². The third-order valence-corrected chi connectivity index (χ3v) is 5.86. The first-order valence-corrected chi connectivity index (χ1v) is 10.5. The maximum atomic E-state index is 6.08. The van der Waals surface area contributed by atoms with Crippen LogP contribution < -0.4 is 4.74 Å². The van der Waals surface area contributed by atoms with Gasteiger partial charge >= 0.3 is 0 Å². The largest absolute Gasteiger partial charge is 0.497 e. The molecule has 5 nitrogen and oxygen atoms in total. The lowest BCUT2D eigenvalue weighted by Crippen LogP contribution is -2.20. The third-order valence-electron chi connectivity index (χ3n) is 4.67. The van der Waals surface area contributed by atoms with Gasteiger partial charge in [-0.1, -0.05) is 35.5 Å². The molecule has 7 heteroatoms. The lowest BCUT2D eigenvalue weighted by Gasteiger charge is -2.20. The third kappa shape index (κ3) is 4.87. The molecule has 0 spiro atoms. The SMILES string of the molecule is COc1ccc(CCSc2nnc(C(C)N(C)C)n2-c2ccc(Cl)cc2)cc1. The Morgan fingerprint density at radius 1 is 1.07 bits per heavy atom.